The summed E-state index contributed by atoms with van der Waals surface area (Å²) in [6, 6.07) is 0.261. The van der Waals surface area contributed by atoms with E-state index in [1.54, 1.807) is 0 Å². The maximum absolute atomic E-state index is 6.08. The molecule has 1 fully saturated rings. The van der Waals surface area contributed by atoms with Crippen LogP contribution in [0.2, 0.25) is 0 Å². The molecule has 2 heteroatoms. The van der Waals surface area contributed by atoms with Gasteiger partial charge in [0.15, 0.2) is 0 Å². The van der Waals surface area contributed by atoms with E-state index in [9.17, 15) is 0 Å². The highest BCUT2D eigenvalue weighted by atomic mass is 15.1. The molecule has 2 nitrogen and oxygen atoms in total. The summed E-state index contributed by atoms with van der Waals surface area (Å²) in [4.78, 5) is 2.46. The number of nitrogens with zero attached hydrogens (tertiary/aromatic N) is 1. The zero-order chi connectivity index (χ0) is 10.4. The van der Waals surface area contributed by atoms with Crippen LogP contribution in [0.1, 0.15) is 26.2 Å². The molecule has 1 saturated heterocycles. The molecular formula is C12H22N2. The molecule has 0 aliphatic carbocycles. The second-order valence-corrected chi connectivity index (χ2v) is 4.04. The van der Waals surface area contributed by atoms with E-state index in [2.05, 4.69) is 17.6 Å². The smallest absolute Gasteiger partial charge is 0.0208 e. The van der Waals surface area contributed by atoms with Gasteiger partial charge in [0.2, 0.25) is 0 Å². The lowest BCUT2D eigenvalue weighted by atomic mass is 10.1. The lowest BCUT2D eigenvalue weighted by Crippen LogP contribution is -2.36. The van der Waals surface area contributed by atoms with Crippen LogP contribution in [-0.2, 0) is 0 Å². The van der Waals surface area contributed by atoms with Crippen LogP contribution in [0.3, 0.4) is 0 Å². The first-order valence-electron chi connectivity index (χ1n) is 5.52. The molecule has 80 valence electrons. The largest absolute Gasteiger partial charge is 0.326 e. The van der Waals surface area contributed by atoms with Crippen LogP contribution in [0, 0.1) is 0 Å². The topological polar surface area (TPSA) is 29.3 Å². The maximum atomic E-state index is 6.08. The summed E-state index contributed by atoms with van der Waals surface area (Å²) in [5.74, 6) is 0. The van der Waals surface area contributed by atoms with Gasteiger partial charge in [0, 0.05) is 12.6 Å². The van der Waals surface area contributed by atoms with Crippen molar-refractivity contribution in [2.24, 2.45) is 5.73 Å². The molecule has 1 rings (SSSR count). The third-order valence-corrected chi connectivity index (χ3v) is 2.82. The second-order valence-electron chi connectivity index (χ2n) is 4.04. The fraction of sp³-hybridized carbons (Fsp3) is 0.667. The molecule has 0 saturated carbocycles. The number of hydrogen-bond acceptors (Lipinski definition) is 2. The van der Waals surface area contributed by atoms with E-state index in [4.69, 9.17) is 5.73 Å². The van der Waals surface area contributed by atoms with Gasteiger partial charge in [0.05, 0.1) is 0 Å². The quantitative estimate of drug-likeness (QED) is 0.678. The highest BCUT2D eigenvalue weighted by Gasteiger charge is 2.14. The fourth-order valence-electron chi connectivity index (χ4n) is 1.98. The average Bonchev–Trinajstić information content (AvgIpc) is 2.66. The molecule has 0 radical (unpaired) electrons. The summed E-state index contributed by atoms with van der Waals surface area (Å²) in [7, 11) is 0. The number of hydrogen-bond donors (Lipinski definition) is 1. The van der Waals surface area contributed by atoms with Crippen LogP contribution in [0.4, 0.5) is 0 Å². The van der Waals surface area contributed by atoms with Crippen molar-refractivity contribution in [2.75, 3.05) is 19.6 Å². The molecule has 1 aliphatic rings. The Kier molecular flexibility index (Phi) is 4.91. The van der Waals surface area contributed by atoms with E-state index in [0.29, 0.717) is 0 Å². The van der Waals surface area contributed by atoms with Crippen LogP contribution in [0.15, 0.2) is 24.3 Å². The minimum atomic E-state index is 0.261. The Labute approximate surface area is 87.5 Å². The summed E-state index contributed by atoms with van der Waals surface area (Å²) >= 11 is 0. The SMILES string of the molecule is C=C/C(=C\C)C[C@H](N)CN1CCCC1. The Hall–Kier alpha value is -0.600. The van der Waals surface area contributed by atoms with Gasteiger partial charge in [-0.2, -0.15) is 0 Å². The zero-order valence-electron chi connectivity index (χ0n) is 9.21. The number of allylic oxidation sites excluding steroid dienone is 2. The van der Waals surface area contributed by atoms with Crippen molar-refractivity contribution >= 4 is 0 Å². The van der Waals surface area contributed by atoms with E-state index in [1.807, 2.05) is 13.0 Å². The monoisotopic (exact) mass is 194 g/mol. The molecule has 0 aromatic carbocycles. The third-order valence-electron chi connectivity index (χ3n) is 2.82. The molecule has 14 heavy (non-hydrogen) atoms. The first-order valence-corrected chi connectivity index (χ1v) is 5.52. The Bertz CT molecular complexity index is 202. The molecule has 1 heterocycles. The summed E-state index contributed by atoms with van der Waals surface area (Å²) in [5.41, 5.74) is 7.34. The fourth-order valence-corrected chi connectivity index (χ4v) is 1.98. The zero-order valence-corrected chi connectivity index (χ0v) is 9.21. The van der Waals surface area contributed by atoms with Crippen molar-refractivity contribution in [3.8, 4) is 0 Å². The third kappa shape index (κ3) is 3.64. The Morgan fingerprint density at radius 3 is 2.64 bits per heavy atom. The lowest BCUT2D eigenvalue weighted by molar-refractivity contribution is 0.313. The first-order chi connectivity index (χ1) is 6.76. The average molecular weight is 194 g/mol. The standard InChI is InChI=1S/C12H22N2/c1-3-11(4-2)9-12(13)10-14-7-5-6-8-14/h3-4,12H,1,5-10,13H2,2H3/b11-4+/t12-/m0/s1. The minimum absolute atomic E-state index is 0.261. The molecule has 0 aromatic heterocycles. The molecule has 1 aliphatic heterocycles. The molecule has 1 atom stereocenters. The molecule has 0 bridgehead atoms. The van der Waals surface area contributed by atoms with E-state index in [0.717, 1.165) is 13.0 Å². The number of likely N-dealkylation sites (tertiary alicyclic amines) is 1. The van der Waals surface area contributed by atoms with Crippen LogP contribution >= 0.6 is 0 Å². The summed E-state index contributed by atoms with van der Waals surface area (Å²) in [5, 5.41) is 0. The van der Waals surface area contributed by atoms with Gasteiger partial charge in [-0.25, -0.2) is 0 Å². The normalized spacial score (nSPS) is 21.1. The number of rotatable bonds is 5. The van der Waals surface area contributed by atoms with Crippen LogP contribution < -0.4 is 5.73 Å². The second kappa shape index (κ2) is 5.99. The Morgan fingerprint density at radius 1 is 1.50 bits per heavy atom. The van der Waals surface area contributed by atoms with Crippen molar-refractivity contribution in [3.63, 3.8) is 0 Å². The van der Waals surface area contributed by atoms with Crippen molar-refractivity contribution in [3.05, 3.63) is 24.3 Å². The maximum Gasteiger partial charge on any atom is 0.0208 e. The number of nitrogens with two attached hydrogens (primary N) is 1. The summed E-state index contributed by atoms with van der Waals surface area (Å²) < 4.78 is 0. The molecular weight excluding hydrogens is 172 g/mol. The predicted molar refractivity (Wildman–Crippen MR) is 62.2 cm³/mol. The first kappa shape index (κ1) is 11.5. The van der Waals surface area contributed by atoms with Gasteiger partial charge in [-0.3, -0.25) is 0 Å². The van der Waals surface area contributed by atoms with Crippen LogP contribution in [0.5, 0.6) is 0 Å². The van der Waals surface area contributed by atoms with E-state index >= 15 is 0 Å². The van der Waals surface area contributed by atoms with Gasteiger partial charge in [0.1, 0.15) is 0 Å². The highest BCUT2D eigenvalue weighted by Crippen LogP contribution is 2.11. The van der Waals surface area contributed by atoms with E-state index in [1.165, 1.54) is 31.5 Å². The van der Waals surface area contributed by atoms with E-state index in [-0.39, 0.29) is 6.04 Å². The van der Waals surface area contributed by atoms with Gasteiger partial charge in [-0.1, -0.05) is 24.3 Å². The van der Waals surface area contributed by atoms with Gasteiger partial charge >= 0.3 is 0 Å². The van der Waals surface area contributed by atoms with Crippen molar-refractivity contribution in [1.29, 1.82) is 0 Å². The van der Waals surface area contributed by atoms with Crippen molar-refractivity contribution in [2.45, 2.75) is 32.2 Å². The highest BCUT2D eigenvalue weighted by molar-refractivity contribution is 5.16. The molecule has 0 aromatic rings. The van der Waals surface area contributed by atoms with Crippen LogP contribution in [0.25, 0.3) is 0 Å². The Balaban J connectivity index is 2.26. The molecule has 0 amide bonds. The predicted octanol–water partition coefficient (Wildman–Crippen LogP) is 1.93. The molecule has 2 N–H and O–H groups in total. The summed E-state index contributed by atoms with van der Waals surface area (Å²) in [6.07, 6.45) is 7.63. The van der Waals surface area contributed by atoms with Gasteiger partial charge in [0.25, 0.3) is 0 Å². The van der Waals surface area contributed by atoms with Gasteiger partial charge < -0.3 is 10.6 Å². The van der Waals surface area contributed by atoms with Crippen LogP contribution in [-0.4, -0.2) is 30.6 Å². The van der Waals surface area contributed by atoms with Gasteiger partial charge in [-0.05, 0) is 39.3 Å². The lowest BCUT2D eigenvalue weighted by Gasteiger charge is -2.20. The van der Waals surface area contributed by atoms with Crippen molar-refractivity contribution in [1.82, 2.24) is 4.90 Å². The molecule has 0 spiro atoms. The van der Waals surface area contributed by atoms with Gasteiger partial charge in [-0.15, -0.1) is 0 Å². The van der Waals surface area contributed by atoms with Crippen molar-refractivity contribution < 1.29 is 0 Å². The minimum Gasteiger partial charge on any atom is -0.326 e. The summed E-state index contributed by atoms with van der Waals surface area (Å²) in [6.45, 7) is 9.31. The van der Waals surface area contributed by atoms with E-state index < -0.39 is 0 Å². The molecule has 0 unspecified atom stereocenters. The Morgan fingerprint density at radius 2 is 2.14 bits per heavy atom.